The van der Waals surface area contributed by atoms with Crippen LogP contribution < -0.4 is 0 Å². The van der Waals surface area contributed by atoms with Gasteiger partial charge in [0.15, 0.2) is 0 Å². The molecular weight excluding hydrogens is 226 g/mol. The smallest absolute Gasteiger partial charge is 0.352 e. The van der Waals surface area contributed by atoms with Crippen LogP contribution in [0.5, 0.6) is 0 Å². The van der Waals surface area contributed by atoms with E-state index in [2.05, 4.69) is 14.9 Å². The summed E-state index contributed by atoms with van der Waals surface area (Å²) < 4.78 is 4.81. The summed E-state index contributed by atoms with van der Waals surface area (Å²) in [6, 6.07) is 0. The molecule has 84 valence electrons. The molecule has 0 radical (unpaired) electrons. The molecule has 0 aliphatic carbocycles. The number of carbonyl (C=O) groups excluding carboxylic acids is 2. The van der Waals surface area contributed by atoms with Gasteiger partial charge >= 0.3 is 5.97 Å². The van der Waals surface area contributed by atoms with Crippen molar-refractivity contribution in [3.8, 4) is 0 Å². The van der Waals surface area contributed by atoms with Crippen molar-refractivity contribution in [1.82, 2.24) is 0 Å². The van der Waals surface area contributed by atoms with Gasteiger partial charge in [-0.05, 0) is 5.53 Å². The lowest BCUT2D eigenvalue weighted by Crippen LogP contribution is -2.11. The second-order valence-corrected chi connectivity index (χ2v) is 3.16. The fourth-order valence-corrected chi connectivity index (χ4v) is 1.01. The summed E-state index contributed by atoms with van der Waals surface area (Å²) in [6.45, 7) is 0.0955. The Bertz CT molecular complexity index is 265. The van der Waals surface area contributed by atoms with Gasteiger partial charge in [-0.15, -0.1) is 0 Å². The number of ether oxygens (including phenoxy) is 1. The third-order valence-electron chi connectivity index (χ3n) is 1.07. The maximum Gasteiger partial charge on any atom is 0.352 e. The molecule has 0 saturated heterocycles. The highest BCUT2D eigenvalue weighted by molar-refractivity contribution is 8.14. The number of hydrogen-bond donors (Lipinski definition) is 1. The molecule has 0 saturated carbocycles. The zero-order valence-electron chi connectivity index (χ0n) is 7.66. The molecule has 0 heterocycles. The van der Waals surface area contributed by atoms with E-state index in [1.54, 1.807) is 0 Å². The normalized spacial score (nSPS) is 9.13. The van der Waals surface area contributed by atoms with Gasteiger partial charge < -0.3 is 9.62 Å². The molecule has 0 aromatic rings. The van der Waals surface area contributed by atoms with Crippen molar-refractivity contribution >= 4 is 22.8 Å². The molecule has 15 heavy (non-hydrogen) atoms. The number of hydrogen-bond acceptors (Lipinski definition) is 7. The Hall–Kier alpha value is -1.28. The molecule has 0 spiro atoms. The summed E-state index contributed by atoms with van der Waals surface area (Å²) in [5.74, 6) is -1.17. The van der Waals surface area contributed by atoms with Gasteiger partial charge in [0.2, 0.25) is 5.12 Å². The molecule has 0 atom stereocenters. The van der Waals surface area contributed by atoms with Crippen LogP contribution >= 0.6 is 11.8 Å². The van der Waals surface area contributed by atoms with Crippen LogP contribution in [0.2, 0.25) is 0 Å². The van der Waals surface area contributed by atoms with E-state index >= 15 is 0 Å². The number of azide groups is 1. The van der Waals surface area contributed by atoms with E-state index in [0.717, 1.165) is 0 Å². The van der Waals surface area contributed by atoms with E-state index in [0.29, 0.717) is 11.8 Å². The summed E-state index contributed by atoms with van der Waals surface area (Å²) in [6.07, 6.45) is 0. The van der Waals surface area contributed by atoms with Crippen molar-refractivity contribution in [2.75, 3.05) is 25.5 Å². The van der Waals surface area contributed by atoms with E-state index in [-0.39, 0.29) is 30.6 Å². The summed E-state index contributed by atoms with van der Waals surface area (Å²) in [4.78, 5) is 27.2. The topological polar surface area (TPSA) is 122 Å². The standard InChI is InChI=1S/C6H9N3O5S/c7-9-8-1-2-13-3-6(11)15-4-5(10)14-12/h12H,1-4H2. The molecular formula is C6H9N3O5S. The van der Waals surface area contributed by atoms with Crippen molar-refractivity contribution < 1.29 is 24.5 Å². The Balaban J connectivity index is 3.41. The van der Waals surface area contributed by atoms with E-state index in [9.17, 15) is 9.59 Å². The minimum absolute atomic E-state index is 0.140. The SMILES string of the molecule is [N-]=[N+]=NCCOCC(=O)SCC(=O)OO. The van der Waals surface area contributed by atoms with Crippen LogP contribution in [0.25, 0.3) is 10.4 Å². The third kappa shape index (κ3) is 9.03. The summed E-state index contributed by atoms with van der Waals surface area (Å²) in [7, 11) is 0. The van der Waals surface area contributed by atoms with Crippen LogP contribution in [0.3, 0.4) is 0 Å². The number of nitrogens with zero attached hydrogens (tertiary/aromatic N) is 3. The zero-order chi connectivity index (χ0) is 11.5. The Morgan fingerprint density at radius 1 is 1.53 bits per heavy atom. The van der Waals surface area contributed by atoms with Gasteiger partial charge in [-0.1, -0.05) is 16.9 Å². The zero-order valence-corrected chi connectivity index (χ0v) is 8.48. The molecule has 0 rings (SSSR count). The molecule has 0 fully saturated rings. The number of thioether (sulfide) groups is 1. The van der Waals surface area contributed by atoms with E-state index in [1.807, 2.05) is 0 Å². The van der Waals surface area contributed by atoms with Crippen LogP contribution in [-0.4, -0.2) is 41.9 Å². The Kier molecular flexibility index (Phi) is 8.49. The molecule has 0 unspecified atom stereocenters. The highest BCUT2D eigenvalue weighted by Crippen LogP contribution is 2.02. The predicted octanol–water partition coefficient (Wildman–Crippen LogP) is 0.589. The third-order valence-corrected chi connectivity index (χ3v) is 1.89. The van der Waals surface area contributed by atoms with Gasteiger partial charge in [0, 0.05) is 11.5 Å². The summed E-state index contributed by atoms with van der Waals surface area (Å²) >= 11 is 0.671. The van der Waals surface area contributed by atoms with E-state index in [1.165, 1.54) is 0 Å². The fraction of sp³-hybridized carbons (Fsp3) is 0.667. The van der Waals surface area contributed by atoms with Crippen LogP contribution in [0.15, 0.2) is 5.11 Å². The van der Waals surface area contributed by atoms with Gasteiger partial charge in [-0.3, -0.25) is 4.79 Å². The van der Waals surface area contributed by atoms with E-state index < -0.39 is 5.97 Å². The minimum atomic E-state index is -0.901. The van der Waals surface area contributed by atoms with Crippen molar-refractivity contribution in [2.45, 2.75) is 0 Å². The fourth-order valence-electron chi connectivity index (χ4n) is 0.513. The first kappa shape index (κ1) is 13.7. The average molecular weight is 235 g/mol. The first-order valence-electron chi connectivity index (χ1n) is 3.79. The van der Waals surface area contributed by atoms with Crippen molar-refractivity contribution in [1.29, 1.82) is 0 Å². The molecule has 9 heteroatoms. The Labute approximate surface area is 89.1 Å². The van der Waals surface area contributed by atoms with Crippen molar-refractivity contribution in [3.05, 3.63) is 10.4 Å². The van der Waals surface area contributed by atoms with Crippen LogP contribution in [-0.2, 0) is 19.2 Å². The van der Waals surface area contributed by atoms with Crippen molar-refractivity contribution in [2.24, 2.45) is 5.11 Å². The predicted molar refractivity (Wildman–Crippen MR) is 51.0 cm³/mol. The second-order valence-electron chi connectivity index (χ2n) is 2.13. The van der Waals surface area contributed by atoms with Gasteiger partial charge in [-0.2, -0.15) is 5.26 Å². The van der Waals surface area contributed by atoms with Gasteiger partial charge in [0.25, 0.3) is 0 Å². The highest BCUT2D eigenvalue weighted by Gasteiger charge is 2.08. The van der Waals surface area contributed by atoms with Crippen LogP contribution in [0, 0.1) is 0 Å². The highest BCUT2D eigenvalue weighted by atomic mass is 32.2. The number of carbonyl (C=O) groups is 2. The van der Waals surface area contributed by atoms with Gasteiger partial charge in [0.05, 0.1) is 6.61 Å². The molecule has 0 aromatic carbocycles. The van der Waals surface area contributed by atoms with Crippen LogP contribution in [0.4, 0.5) is 0 Å². The maximum absolute atomic E-state index is 10.9. The monoisotopic (exact) mass is 235 g/mol. The Morgan fingerprint density at radius 2 is 2.27 bits per heavy atom. The summed E-state index contributed by atoms with van der Waals surface area (Å²) in [5, 5.41) is 10.7. The molecule has 0 bridgehead atoms. The van der Waals surface area contributed by atoms with Gasteiger partial charge in [-0.25, -0.2) is 4.79 Å². The quantitative estimate of drug-likeness (QED) is 0.172. The minimum Gasteiger partial charge on any atom is -0.373 e. The van der Waals surface area contributed by atoms with Gasteiger partial charge in [0.1, 0.15) is 12.4 Å². The lowest BCUT2D eigenvalue weighted by molar-refractivity contribution is -0.230. The largest absolute Gasteiger partial charge is 0.373 e. The van der Waals surface area contributed by atoms with Crippen molar-refractivity contribution in [3.63, 3.8) is 0 Å². The molecule has 0 aromatic heterocycles. The molecule has 8 nitrogen and oxygen atoms in total. The molecule has 0 amide bonds. The van der Waals surface area contributed by atoms with Crippen LogP contribution in [0.1, 0.15) is 0 Å². The first-order valence-corrected chi connectivity index (χ1v) is 4.77. The number of rotatable bonds is 7. The first-order chi connectivity index (χ1) is 7.20. The average Bonchev–Trinajstić information content (AvgIpc) is 2.25. The molecule has 1 N–H and O–H groups in total. The molecule has 0 aliphatic heterocycles. The van der Waals surface area contributed by atoms with E-state index in [4.69, 9.17) is 15.5 Å². The lowest BCUT2D eigenvalue weighted by atomic mass is 10.7. The molecule has 0 aliphatic rings. The maximum atomic E-state index is 10.9. The lowest BCUT2D eigenvalue weighted by Gasteiger charge is -1.99. The summed E-state index contributed by atoms with van der Waals surface area (Å²) in [5.41, 5.74) is 7.90. The Morgan fingerprint density at radius 3 is 2.87 bits per heavy atom. The second kappa shape index (κ2) is 9.28.